The zero-order chi connectivity index (χ0) is 15.9. The van der Waals surface area contributed by atoms with Crippen LogP contribution in [0.2, 0.25) is 0 Å². The van der Waals surface area contributed by atoms with E-state index in [1.807, 2.05) is 0 Å². The lowest BCUT2D eigenvalue weighted by molar-refractivity contribution is 0.0657. The van der Waals surface area contributed by atoms with Gasteiger partial charge in [-0.2, -0.15) is 0 Å². The molecule has 1 aliphatic rings. The Morgan fingerprint density at radius 2 is 2.04 bits per heavy atom. The number of guanidine groups is 1. The Balaban J connectivity index is 0.00000264. The van der Waals surface area contributed by atoms with Crippen LogP contribution in [0.15, 0.2) is 29.3 Å². The molecule has 2 N–H and O–H groups in total. The smallest absolute Gasteiger partial charge is 0.191 e. The molecule has 2 atom stereocenters. The second-order valence-electron chi connectivity index (χ2n) is 6.34. The molecular formula is C18H30IN3O. The molecule has 23 heavy (non-hydrogen) atoms. The Kier molecular flexibility index (Phi) is 8.91. The van der Waals surface area contributed by atoms with E-state index in [-0.39, 0.29) is 30.1 Å². The molecule has 0 bridgehead atoms. The zero-order valence-corrected chi connectivity index (χ0v) is 17.0. The van der Waals surface area contributed by atoms with Crippen molar-refractivity contribution < 1.29 is 4.74 Å². The standard InChI is InChI=1S/C18H29N3O.HI/c1-5-19-18(21-17-9-14(17)4)20-11-15-7-6-8-16(10-15)12-22-13(2)3;/h6-8,10,13-14,17H,5,9,11-12H2,1-4H3,(H2,19,20,21);1H. The predicted octanol–water partition coefficient (Wildman–Crippen LogP) is 3.69. The molecule has 1 aliphatic carbocycles. The van der Waals surface area contributed by atoms with Crippen LogP contribution in [-0.2, 0) is 17.9 Å². The van der Waals surface area contributed by atoms with Gasteiger partial charge in [-0.1, -0.05) is 31.2 Å². The van der Waals surface area contributed by atoms with Gasteiger partial charge in [-0.25, -0.2) is 4.99 Å². The minimum absolute atomic E-state index is 0. The second-order valence-corrected chi connectivity index (χ2v) is 6.34. The quantitative estimate of drug-likeness (QED) is 0.393. The molecule has 1 fully saturated rings. The third-order valence-corrected chi connectivity index (χ3v) is 3.77. The monoisotopic (exact) mass is 431 g/mol. The van der Waals surface area contributed by atoms with Gasteiger partial charge in [-0.05, 0) is 44.2 Å². The van der Waals surface area contributed by atoms with Gasteiger partial charge >= 0.3 is 0 Å². The first-order valence-corrected chi connectivity index (χ1v) is 8.32. The molecule has 0 radical (unpaired) electrons. The molecule has 1 aromatic rings. The normalized spacial score (nSPS) is 20.1. The van der Waals surface area contributed by atoms with Crippen molar-refractivity contribution in [2.45, 2.75) is 59.4 Å². The number of aliphatic imine (C=N–C) groups is 1. The largest absolute Gasteiger partial charge is 0.374 e. The molecule has 2 rings (SSSR count). The zero-order valence-electron chi connectivity index (χ0n) is 14.6. The maximum Gasteiger partial charge on any atom is 0.191 e. The van der Waals surface area contributed by atoms with Crippen LogP contribution in [0.4, 0.5) is 0 Å². The molecule has 0 amide bonds. The van der Waals surface area contributed by atoms with Crippen LogP contribution < -0.4 is 10.6 Å². The molecule has 0 heterocycles. The molecule has 0 saturated heterocycles. The van der Waals surface area contributed by atoms with Gasteiger partial charge in [0.2, 0.25) is 0 Å². The number of hydrogen-bond donors (Lipinski definition) is 2. The molecule has 5 heteroatoms. The van der Waals surface area contributed by atoms with Gasteiger partial charge < -0.3 is 15.4 Å². The van der Waals surface area contributed by atoms with Gasteiger partial charge in [0.05, 0.1) is 19.3 Å². The van der Waals surface area contributed by atoms with E-state index in [9.17, 15) is 0 Å². The maximum absolute atomic E-state index is 5.66. The summed E-state index contributed by atoms with van der Waals surface area (Å²) in [5, 5.41) is 6.79. The molecule has 1 saturated carbocycles. The summed E-state index contributed by atoms with van der Waals surface area (Å²) in [4.78, 5) is 4.69. The number of halogens is 1. The lowest BCUT2D eigenvalue weighted by atomic mass is 10.1. The van der Waals surface area contributed by atoms with Gasteiger partial charge in [-0.15, -0.1) is 24.0 Å². The number of hydrogen-bond acceptors (Lipinski definition) is 2. The van der Waals surface area contributed by atoms with E-state index in [1.54, 1.807) is 0 Å². The van der Waals surface area contributed by atoms with Crippen LogP contribution in [0.25, 0.3) is 0 Å². The van der Waals surface area contributed by atoms with Crippen LogP contribution >= 0.6 is 24.0 Å². The molecule has 0 aromatic heterocycles. The van der Waals surface area contributed by atoms with Gasteiger partial charge in [-0.3, -0.25) is 0 Å². The van der Waals surface area contributed by atoms with Gasteiger partial charge in [0.25, 0.3) is 0 Å². The molecule has 130 valence electrons. The van der Waals surface area contributed by atoms with E-state index in [1.165, 1.54) is 17.5 Å². The Bertz CT molecular complexity index is 505. The van der Waals surface area contributed by atoms with Crippen LogP contribution in [0.1, 0.15) is 45.2 Å². The van der Waals surface area contributed by atoms with Crippen molar-refractivity contribution in [3.63, 3.8) is 0 Å². The Morgan fingerprint density at radius 1 is 1.35 bits per heavy atom. The summed E-state index contributed by atoms with van der Waals surface area (Å²) in [6.45, 7) is 10.7. The third kappa shape index (κ3) is 7.52. The second kappa shape index (κ2) is 10.1. The average molecular weight is 431 g/mol. The summed E-state index contributed by atoms with van der Waals surface area (Å²) in [6, 6.07) is 9.06. The highest BCUT2D eigenvalue weighted by atomic mass is 127. The van der Waals surface area contributed by atoms with Crippen LogP contribution in [-0.4, -0.2) is 24.7 Å². The first-order valence-electron chi connectivity index (χ1n) is 8.32. The number of nitrogens with zero attached hydrogens (tertiary/aromatic N) is 1. The van der Waals surface area contributed by atoms with E-state index >= 15 is 0 Å². The van der Waals surface area contributed by atoms with Crippen LogP contribution in [0.5, 0.6) is 0 Å². The lowest BCUT2D eigenvalue weighted by Crippen LogP contribution is -2.39. The van der Waals surface area contributed by atoms with Crippen LogP contribution in [0.3, 0.4) is 0 Å². The van der Waals surface area contributed by atoms with Crippen molar-refractivity contribution in [2.24, 2.45) is 10.9 Å². The molecule has 0 aliphatic heterocycles. The Hall–Kier alpha value is -0.820. The summed E-state index contributed by atoms with van der Waals surface area (Å²) < 4.78 is 5.66. The first-order chi connectivity index (χ1) is 10.6. The van der Waals surface area contributed by atoms with Crippen molar-refractivity contribution in [1.29, 1.82) is 0 Å². The fourth-order valence-electron chi connectivity index (χ4n) is 2.27. The van der Waals surface area contributed by atoms with E-state index < -0.39 is 0 Å². The van der Waals surface area contributed by atoms with Crippen molar-refractivity contribution >= 4 is 29.9 Å². The lowest BCUT2D eigenvalue weighted by Gasteiger charge is -2.11. The van der Waals surface area contributed by atoms with Crippen molar-refractivity contribution in [2.75, 3.05) is 6.54 Å². The fraction of sp³-hybridized carbons (Fsp3) is 0.611. The van der Waals surface area contributed by atoms with Crippen molar-refractivity contribution in [3.8, 4) is 0 Å². The first kappa shape index (κ1) is 20.2. The fourth-order valence-corrected chi connectivity index (χ4v) is 2.27. The van der Waals surface area contributed by atoms with Gasteiger partial charge in [0, 0.05) is 12.6 Å². The predicted molar refractivity (Wildman–Crippen MR) is 107 cm³/mol. The summed E-state index contributed by atoms with van der Waals surface area (Å²) in [5.41, 5.74) is 2.42. The van der Waals surface area contributed by atoms with Crippen molar-refractivity contribution in [3.05, 3.63) is 35.4 Å². The third-order valence-electron chi connectivity index (χ3n) is 3.77. The van der Waals surface area contributed by atoms with E-state index in [4.69, 9.17) is 4.74 Å². The van der Waals surface area contributed by atoms with Crippen LogP contribution in [0, 0.1) is 5.92 Å². The van der Waals surface area contributed by atoms with Gasteiger partial charge in [0.15, 0.2) is 5.96 Å². The number of nitrogens with one attached hydrogen (secondary N) is 2. The maximum atomic E-state index is 5.66. The minimum Gasteiger partial charge on any atom is -0.374 e. The minimum atomic E-state index is 0. The van der Waals surface area contributed by atoms with Crippen molar-refractivity contribution in [1.82, 2.24) is 10.6 Å². The molecule has 4 nitrogen and oxygen atoms in total. The highest BCUT2D eigenvalue weighted by Crippen LogP contribution is 2.28. The summed E-state index contributed by atoms with van der Waals surface area (Å²) in [5.74, 6) is 1.68. The highest BCUT2D eigenvalue weighted by molar-refractivity contribution is 14.0. The summed E-state index contributed by atoms with van der Waals surface area (Å²) in [7, 11) is 0. The molecule has 1 aromatic carbocycles. The SMILES string of the molecule is CCNC(=NCc1cccc(COC(C)C)c1)NC1CC1C.I. The Labute approximate surface area is 157 Å². The van der Waals surface area contributed by atoms with E-state index in [2.05, 4.69) is 67.6 Å². The van der Waals surface area contributed by atoms with Gasteiger partial charge in [0.1, 0.15) is 0 Å². The summed E-state index contributed by atoms with van der Waals surface area (Å²) in [6.07, 6.45) is 1.50. The molecular weight excluding hydrogens is 401 g/mol. The molecule has 2 unspecified atom stereocenters. The Morgan fingerprint density at radius 3 is 2.65 bits per heavy atom. The molecule has 0 spiro atoms. The number of benzene rings is 1. The number of ether oxygens (including phenoxy) is 1. The number of rotatable bonds is 7. The van der Waals surface area contributed by atoms with E-state index in [0.717, 1.165) is 18.4 Å². The van der Waals surface area contributed by atoms with E-state index in [0.29, 0.717) is 19.2 Å². The summed E-state index contributed by atoms with van der Waals surface area (Å²) >= 11 is 0. The topological polar surface area (TPSA) is 45.7 Å². The highest BCUT2D eigenvalue weighted by Gasteiger charge is 2.33. The average Bonchev–Trinajstić information content (AvgIpc) is 3.18.